The number of likely N-dealkylation sites (tertiary alicyclic amines) is 1. The molecule has 0 aromatic carbocycles. The monoisotopic (exact) mass is 304 g/mol. The van der Waals surface area contributed by atoms with Crippen LogP contribution in [-0.2, 0) is 13.1 Å². The standard InChI is InChI=1S/C16H24N4O2/c21-15(17-5-8-19-6-1-2-7-19)16-18-13-10-20(9-12-3-4-12)11-14(13)22-16/h12H,1-11H2,(H,17,21). The van der Waals surface area contributed by atoms with Crippen molar-refractivity contribution >= 4 is 5.91 Å². The number of nitrogens with zero attached hydrogens (tertiary/aromatic N) is 3. The lowest BCUT2D eigenvalue weighted by molar-refractivity contribution is 0.0910. The molecule has 120 valence electrons. The maximum absolute atomic E-state index is 12.1. The van der Waals surface area contributed by atoms with Crippen LogP contribution in [-0.4, -0.2) is 53.4 Å². The summed E-state index contributed by atoms with van der Waals surface area (Å²) in [6, 6.07) is 0. The van der Waals surface area contributed by atoms with Gasteiger partial charge in [-0.1, -0.05) is 0 Å². The first-order valence-corrected chi connectivity index (χ1v) is 8.49. The molecule has 0 spiro atoms. The lowest BCUT2D eigenvalue weighted by atomic mass is 10.4. The second-order valence-corrected chi connectivity index (χ2v) is 6.81. The average Bonchev–Trinajstić information content (AvgIpc) is 2.89. The second-order valence-electron chi connectivity index (χ2n) is 6.81. The minimum atomic E-state index is -0.178. The van der Waals surface area contributed by atoms with Crippen LogP contribution in [0.15, 0.2) is 4.42 Å². The predicted octanol–water partition coefficient (Wildman–Crippen LogP) is 1.23. The van der Waals surface area contributed by atoms with Crippen LogP contribution in [0.5, 0.6) is 0 Å². The fourth-order valence-corrected chi connectivity index (χ4v) is 3.40. The molecule has 1 aromatic heterocycles. The van der Waals surface area contributed by atoms with Gasteiger partial charge in [-0.05, 0) is 44.7 Å². The smallest absolute Gasteiger partial charge is 0.307 e. The minimum Gasteiger partial charge on any atom is -0.436 e. The largest absolute Gasteiger partial charge is 0.436 e. The Balaban J connectivity index is 1.25. The molecule has 2 aliphatic heterocycles. The average molecular weight is 304 g/mol. The first-order chi connectivity index (χ1) is 10.8. The third kappa shape index (κ3) is 3.17. The quantitative estimate of drug-likeness (QED) is 0.856. The van der Waals surface area contributed by atoms with Crippen molar-refractivity contribution in [3.8, 4) is 0 Å². The van der Waals surface area contributed by atoms with Gasteiger partial charge >= 0.3 is 5.91 Å². The van der Waals surface area contributed by atoms with Crippen LogP contribution in [0.1, 0.15) is 47.8 Å². The molecule has 1 aliphatic carbocycles. The molecule has 1 amide bonds. The Hall–Kier alpha value is -1.40. The van der Waals surface area contributed by atoms with E-state index in [1.54, 1.807) is 0 Å². The summed E-state index contributed by atoms with van der Waals surface area (Å²) >= 11 is 0. The van der Waals surface area contributed by atoms with Gasteiger partial charge in [-0.25, -0.2) is 4.98 Å². The summed E-state index contributed by atoms with van der Waals surface area (Å²) < 4.78 is 5.66. The summed E-state index contributed by atoms with van der Waals surface area (Å²) in [4.78, 5) is 21.2. The molecule has 2 fully saturated rings. The Labute approximate surface area is 130 Å². The molecular formula is C16H24N4O2. The molecule has 1 N–H and O–H groups in total. The van der Waals surface area contributed by atoms with Crippen molar-refractivity contribution in [2.75, 3.05) is 32.7 Å². The molecule has 0 bridgehead atoms. The summed E-state index contributed by atoms with van der Waals surface area (Å²) in [5.41, 5.74) is 0.949. The van der Waals surface area contributed by atoms with Crippen molar-refractivity contribution in [3.05, 3.63) is 17.3 Å². The van der Waals surface area contributed by atoms with Gasteiger partial charge in [0.15, 0.2) is 0 Å². The van der Waals surface area contributed by atoms with Gasteiger partial charge in [-0.15, -0.1) is 0 Å². The molecule has 6 nitrogen and oxygen atoms in total. The topological polar surface area (TPSA) is 61.6 Å². The molecule has 6 heteroatoms. The maximum atomic E-state index is 12.1. The molecule has 1 aromatic rings. The van der Waals surface area contributed by atoms with Crippen LogP contribution in [0.25, 0.3) is 0 Å². The molecule has 0 atom stereocenters. The number of rotatable bonds is 6. The number of aromatic nitrogens is 1. The van der Waals surface area contributed by atoms with Crippen LogP contribution in [0, 0.1) is 5.92 Å². The number of amides is 1. The maximum Gasteiger partial charge on any atom is 0.307 e. The summed E-state index contributed by atoms with van der Waals surface area (Å²) in [5, 5.41) is 2.92. The lowest BCUT2D eigenvalue weighted by Gasteiger charge is -2.14. The van der Waals surface area contributed by atoms with Gasteiger partial charge < -0.3 is 14.6 Å². The number of hydrogen-bond acceptors (Lipinski definition) is 5. The molecule has 3 heterocycles. The van der Waals surface area contributed by atoms with E-state index in [2.05, 4.69) is 20.1 Å². The lowest BCUT2D eigenvalue weighted by Crippen LogP contribution is -2.33. The number of fused-ring (bicyclic) bond motifs is 1. The van der Waals surface area contributed by atoms with Crippen molar-refractivity contribution in [1.82, 2.24) is 20.1 Å². The van der Waals surface area contributed by atoms with Crippen LogP contribution in [0.2, 0.25) is 0 Å². The first kappa shape index (κ1) is 14.2. The van der Waals surface area contributed by atoms with Gasteiger partial charge in [-0.2, -0.15) is 0 Å². The van der Waals surface area contributed by atoms with Gasteiger partial charge in [-0.3, -0.25) is 9.69 Å². The number of carbonyl (C=O) groups is 1. The second kappa shape index (κ2) is 6.01. The van der Waals surface area contributed by atoms with Crippen molar-refractivity contribution in [3.63, 3.8) is 0 Å². The van der Waals surface area contributed by atoms with Gasteiger partial charge in [0.05, 0.1) is 12.2 Å². The third-order valence-corrected chi connectivity index (χ3v) is 4.84. The summed E-state index contributed by atoms with van der Waals surface area (Å²) in [7, 11) is 0. The van der Waals surface area contributed by atoms with Crippen LogP contribution < -0.4 is 5.32 Å². The number of carbonyl (C=O) groups excluding carboxylic acids is 1. The van der Waals surface area contributed by atoms with Crippen LogP contribution in [0.3, 0.4) is 0 Å². The van der Waals surface area contributed by atoms with E-state index in [-0.39, 0.29) is 11.8 Å². The molecule has 1 saturated heterocycles. The zero-order valence-corrected chi connectivity index (χ0v) is 13.0. The highest BCUT2D eigenvalue weighted by molar-refractivity contribution is 5.89. The van der Waals surface area contributed by atoms with E-state index >= 15 is 0 Å². The highest BCUT2D eigenvalue weighted by Crippen LogP contribution is 2.33. The van der Waals surface area contributed by atoms with Gasteiger partial charge in [0.1, 0.15) is 5.76 Å². The van der Waals surface area contributed by atoms with E-state index < -0.39 is 0 Å². The van der Waals surface area contributed by atoms with Crippen molar-refractivity contribution in [1.29, 1.82) is 0 Å². The number of nitrogens with one attached hydrogen (secondary N) is 1. The molecule has 1 saturated carbocycles. The van der Waals surface area contributed by atoms with Gasteiger partial charge in [0.2, 0.25) is 0 Å². The summed E-state index contributed by atoms with van der Waals surface area (Å²) in [5.74, 6) is 1.81. The van der Waals surface area contributed by atoms with Crippen LogP contribution in [0.4, 0.5) is 0 Å². The van der Waals surface area contributed by atoms with Gasteiger partial charge in [0.25, 0.3) is 5.89 Å². The third-order valence-electron chi connectivity index (χ3n) is 4.84. The number of hydrogen-bond donors (Lipinski definition) is 1. The fraction of sp³-hybridized carbons (Fsp3) is 0.750. The van der Waals surface area contributed by atoms with E-state index in [9.17, 15) is 4.79 Å². The SMILES string of the molecule is O=C(NCCN1CCCC1)c1nc2c(o1)CN(CC1CC1)C2. The van der Waals surface area contributed by atoms with Crippen LogP contribution >= 0.6 is 0 Å². The van der Waals surface area contributed by atoms with E-state index in [1.165, 1.54) is 25.7 Å². The van der Waals surface area contributed by atoms with Crippen molar-refractivity contribution in [2.45, 2.75) is 38.8 Å². The Kier molecular flexibility index (Phi) is 3.88. The van der Waals surface area contributed by atoms with E-state index in [1.807, 2.05) is 0 Å². The summed E-state index contributed by atoms with van der Waals surface area (Å²) in [6.07, 6.45) is 5.27. The van der Waals surface area contributed by atoms with Gasteiger partial charge in [0, 0.05) is 26.2 Å². The molecule has 3 aliphatic rings. The Bertz CT molecular complexity index is 523. The predicted molar refractivity (Wildman–Crippen MR) is 81.3 cm³/mol. The number of oxazole rings is 1. The Morgan fingerprint density at radius 3 is 2.77 bits per heavy atom. The highest BCUT2D eigenvalue weighted by Gasteiger charge is 2.31. The Morgan fingerprint density at radius 2 is 2.05 bits per heavy atom. The van der Waals surface area contributed by atoms with Crippen molar-refractivity contribution < 1.29 is 9.21 Å². The zero-order valence-electron chi connectivity index (χ0n) is 13.0. The normalized spacial score (nSPS) is 22.2. The van der Waals surface area contributed by atoms with E-state index in [0.29, 0.717) is 6.54 Å². The molecule has 4 rings (SSSR count). The Morgan fingerprint density at radius 1 is 1.23 bits per heavy atom. The molecular weight excluding hydrogens is 280 g/mol. The van der Waals surface area contributed by atoms with E-state index in [4.69, 9.17) is 4.42 Å². The van der Waals surface area contributed by atoms with E-state index in [0.717, 1.165) is 56.6 Å². The molecule has 0 unspecified atom stereocenters. The fourth-order valence-electron chi connectivity index (χ4n) is 3.40. The zero-order chi connectivity index (χ0) is 14.9. The first-order valence-electron chi connectivity index (χ1n) is 8.49. The van der Waals surface area contributed by atoms with Crippen molar-refractivity contribution in [2.24, 2.45) is 5.92 Å². The summed E-state index contributed by atoms with van der Waals surface area (Å²) in [6.45, 7) is 6.67. The molecule has 0 radical (unpaired) electrons. The highest BCUT2D eigenvalue weighted by atomic mass is 16.4. The molecule has 22 heavy (non-hydrogen) atoms. The minimum absolute atomic E-state index is 0.178.